The summed E-state index contributed by atoms with van der Waals surface area (Å²) in [6.07, 6.45) is 1.82. The highest BCUT2D eigenvalue weighted by Gasteiger charge is 2.25. The largest absolute Gasteiger partial charge is 0.475 e. The van der Waals surface area contributed by atoms with Gasteiger partial charge in [0.25, 0.3) is 0 Å². The van der Waals surface area contributed by atoms with Gasteiger partial charge >= 0.3 is 0 Å². The van der Waals surface area contributed by atoms with Crippen LogP contribution in [0.5, 0.6) is 0 Å². The van der Waals surface area contributed by atoms with Crippen molar-refractivity contribution in [2.45, 2.75) is 33.2 Å². The van der Waals surface area contributed by atoms with Gasteiger partial charge in [0, 0.05) is 11.8 Å². The average Bonchev–Trinajstić information content (AvgIpc) is 2.30. The molecule has 0 unspecified atom stereocenters. The fraction of sp³-hybridized carbons (Fsp3) is 0.700. The molecule has 0 aliphatic carbocycles. The van der Waals surface area contributed by atoms with Gasteiger partial charge < -0.3 is 10.5 Å². The predicted molar refractivity (Wildman–Crippen MR) is 54.6 cm³/mol. The maximum absolute atomic E-state index is 5.79. The molecule has 74 valence electrons. The smallest absolute Gasteiger partial charge is 0.211 e. The van der Waals surface area contributed by atoms with E-state index in [-0.39, 0.29) is 5.54 Å². The van der Waals surface area contributed by atoms with E-state index in [9.17, 15) is 0 Å². The molecule has 3 heteroatoms. The van der Waals surface area contributed by atoms with E-state index >= 15 is 0 Å². The van der Waals surface area contributed by atoms with Crippen LogP contribution >= 0.6 is 0 Å². The minimum absolute atomic E-state index is 0.0942. The van der Waals surface area contributed by atoms with E-state index in [2.05, 4.69) is 4.99 Å². The molecule has 2 N–H and O–H groups in total. The predicted octanol–water partition coefficient (Wildman–Crippen LogP) is 1.69. The number of hydrogen-bond donors (Lipinski definition) is 1. The number of ether oxygens (including phenoxy) is 1. The molecule has 1 heterocycles. The van der Waals surface area contributed by atoms with Crippen molar-refractivity contribution in [1.29, 1.82) is 0 Å². The molecule has 0 aromatic carbocycles. The van der Waals surface area contributed by atoms with Crippen molar-refractivity contribution in [3.05, 3.63) is 11.8 Å². The van der Waals surface area contributed by atoms with Crippen LogP contribution < -0.4 is 5.73 Å². The van der Waals surface area contributed by atoms with Gasteiger partial charge in [-0.05, 0) is 19.8 Å². The highest BCUT2D eigenvalue weighted by molar-refractivity contribution is 5.89. The van der Waals surface area contributed by atoms with Crippen molar-refractivity contribution in [2.24, 2.45) is 16.6 Å². The Labute approximate surface area is 79.7 Å². The molecular weight excluding hydrogens is 164 g/mol. The van der Waals surface area contributed by atoms with Crippen molar-refractivity contribution in [3.63, 3.8) is 0 Å². The van der Waals surface area contributed by atoms with Crippen LogP contribution in [0.2, 0.25) is 0 Å². The Morgan fingerprint density at radius 3 is 2.62 bits per heavy atom. The van der Waals surface area contributed by atoms with E-state index in [0.29, 0.717) is 18.4 Å². The SMILES string of the molecule is CC(C)/C(N)=C/C1=NC(C)(C)CO1. The van der Waals surface area contributed by atoms with Crippen LogP contribution in [-0.4, -0.2) is 18.0 Å². The number of nitrogens with zero attached hydrogens (tertiary/aromatic N) is 1. The standard InChI is InChI=1S/C10H18N2O/c1-7(2)8(11)5-9-12-10(3,4)6-13-9/h5,7H,6,11H2,1-4H3/b8-5-. The van der Waals surface area contributed by atoms with E-state index in [1.807, 2.05) is 33.8 Å². The third kappa shape index (κ3) is 2.76. The number of aliphatic imine (C=N–C) groups is 1. The first-order valence-electron chi connectivity index (χ1n) is 4.60. The lowest BCUT2D eigenvalue weighted by Crippen LogP contribution is -2.17. The summed E-state index contributed by atoms with van der Waals surface area (Å²) in [6, 6.07) is 0. The van der Waals surface area contributed by atoms with E-state index in [1.165, 1.54) is 0 Å². The molecule has 0 amide bonds. The van der Waals surface area contributed by atoms with Crippen molar-refractivity contribution < 1.29 is 4.74 Å². The number of hydrogen-bond acceptors (Lipinski definition) is 3. The summed E-state index contributed by atoms with van der Waals surface area (Å²) in [5, 5.41) is 0. The van der Waals surface area contributed by atoms with E-state index < -0.39 is 0 Å². The second-order valence-corrected chi connectivity index (χ2v) is 4.35. The molecule has 0 bridgehead atoms. The third-order valence-corrected chi connectivity index (χ3v) is 1.94. The summed E-state index contributed by atoms with van der Waals surface area (Å²) in [7, 11) is 0. The molecule has 3 nitrogen and oxygen atoms in total. The van der Waals surface area contributed by atoms with Crippen molar-refractivity contribution in [3.8, 4) is 0 Å². The summed E-state index contributed by atoms with van der Waals surface area (Å²) < 4.78 is 5.38. The minimum Gasteiger partial charge on any atom is -0.475 e. The molecule has 0 fully saturated rings. The van der Waals surface area contributed by atoms with Gasteiger partial charge in [0.2, 0.25) is 5.90 Å². The zero-order valence-corrected chi connectivity index (χ0v) is 8.79. The zero-order valence-electron chi connectivity index (χ0n) is 8.79. The van der Waals surface area contributed by atoms with Gasteiger partial charge in [0.15, 0.2) is 0 Å². The molecule has 0 aromatic rings. The van der Waals surface area contributed by atoms with Gasteiger partial charge in [-0.25, -0.2) is 4.99 Å². The van der Waals surface area contributed by atoms with Gasteiger partial charge in [-0.15, -0.1) is 0 Å². The second-order valence-electron chi connectivity index (χ2n) is 4.35. The molecule has 0 atom stereocenters. The van der Waals surface area contributed by atoms with E-state index in [4.69, 9.17) is 10.5 Å². The van der Waals surface area contributed by atoms with Crippen LogP contribution in [0.3, 0.4) is 0 Å². The van der Waals surface area contributed by atoms with Gasteiger partial charge in [0.05, 0.1) is 5.54 Å². The van der Waals surface area contributed by atoms with Crippen LogP contribution in [-0.2, 0) is 4.74 Å². The van der Waals surface area contributed by atoms with Crippen molar-refractivity contribution in [2.75, 3.05) is 6.61 Å². The van der Waals surface area contributed by atoms with Gasteiger partial charge in [0.1, 0.15) is 6.61 Å². The van der Waals surface area contributed by atoms with Crippen LogP contribution in [0.4, 0.5) is 0 Å². The van der Waals surface area contributed by atoms with Crippen LogP contribution in [0, 0.1) is 5.92 Å². The highest BCUT2D eigenvalue weighted by atomic mass is 16.5. The maximum atomic E-state index is 5.79. The van der Waals surface area contributed by atoms with E-state index in [1.54, 1.807) is 0 Å². The fourth-order valence-electron chi connectivity index (χ4n) is 0.997. The van der Waals surface area contributed by atoms with Crippen molar-refractivity contribution in [1.82, 2.24) is 0 Å². The molecule has 0 radical (unpaired) electrons. The Morgan fingerprint density at radius 2 is 2.23 bits per heavy atom. The summed E-state index contributed by atoms with van der Waals surface area (Å²) in [6.45, 7) is 8.82. The molecule has 0 spiro atoms. The summed E-state index contributed by atoms with van der Waals surface area (Å²) in [5.74, 6) is 1.01. The summed E-state index contributed by atoms with van der Waals surface area (Å²) in [4.78, 5) is 4.38. The van der Waals surface area contributed by atoms with Gasteiger partial charge in [-0.2, -0.15) is 0 Å². The summed E-state index contributed by atoms with van der Waals surface area (Å²) >= 11 is 0. The van der Waals surface area contributed by atoms with Crippen LogP contribution in [0.25, 0.3) is 0 Å². The third-order valence-electron chi connectivity index (χ3n) is 1.94. The Morgan fingerprint density at radius 1 is 1.62 bits per heavy atom. The lowest BCUT2D eigenvalue weighted by atomic mass is 10.1. The number of nitrogens with two attached hydrogens (primary N) is 1. The lowest BCUT2D eigenvalue weighted by molar-refractivity contribution is 0.280. The molecular formula is C10H18N2O. The Bertz CT molecular complexity index is 252. The van der Waals surface area contributed by atoms with E-state index in [0.717, 1.165) is 5.70 Å². The Hall–Kier alpha value is -0.990. The lowest BCUT2D eigenvalue weighted by Gasteiger charge is -2.07. The minimum atomic E-state index is -0.0942. The molecule has 0 saturated heterocycles. The Balaban J connectivity index is 2.72. The van der Waals surface area contributed by atoms with Gasteiger partial charge in [-0.1, -0.05) is 13.8 Å². The molecule has 13 heavy (non-hydrogen) atoms. The first-order valence-corrected chi connectivity index (χ1v) is 4.60. The monoisotopic (exact) mass is 182 g/mol. The summed E-state index contributed by atoms with van der Waals surface area (Å²) in [5.41, 5.74) is 6.51. The molecule has 1 rings (SSSR count). The fourth-order valence-corrected chi connectivity index (χ4v) is 0.997. The second kappa shape index (κ2) is 3.40. The first kappa shape index (κ1) is 10.1. The topological polar surface area (TPSA) is 47.6 Å². The quantitative estimate of drug-likeness (QED) is 0.706. The zero-order chi connectivity index (χ0) is 10.1. The molecule has 0 saturated carbocycles. The van der Waals surface area contributed by atoms with Crippen LogP contribution in [0.15, 0.2) is 16.8 Å². The first-order chi connectivity index (χ1) is 5.91. The maximum Gasteiger partial charge on any atom is 0.211 e. The number of rotatable bonds is 2. The van der Waals surface area contributed by atoms with Crippen LogP contribution in [0.1, 0.15) is 27.7 Å². The Kier molecular flexibility index (Phi) is 2.64. The molecule has 1 aliphatic rings. The highest BCUT2D eigenvalue weighted by Crippen LogP contribution is 2.18. The normalized spacial score (nSPS) is 21.6. The van der Waals surface area contributed by atoms with Crippen molar-refractivity contribution >= 4 is 5.90 Å². The molecule has 0 aromatic heterocycles. The number of allylic oxidation sites excluding steroid dienone is 1. The average molecular weight is 182 g/mol. The molecule has 1 aliphatic heterocycles. The van der Waals surface area contributed by atoms with Gasteiger partial charge in [-0.3, -0.25) is 0 Å².